The average molecular weight is 251 g/mol. The van der Waals surface area contributed by atoms with Gasteiger partial charge in [-0.05, 0) is 82.6 Å². The van der Waals surface area contributed by atoms with Crippen LogP contribution in [0.1, 0.15) is 52.4 Å². The Morgan fingerprint density at radius 3 is 1.89 bits per heavy atom. The van der Waals surface area contributed by atoms with Crippen molar-refractivity contribution in [1.29, 1.82) is 0 Å². The number of likely N-dealkylation sites (N-methyl/N-ethyl adjacent to an activating group) is 1. The topological polar surface area (TPSA) is 23.5 Å². The Bertz CT molecular complexity index is 282. The van der Waals surface area contributed by atoms with E-state index in [0.29, 0.717) is 5.41 Å². The second-order valence-electron chi connectivity index (χ2n) is 8.40. The highest BCUT2D eigenvalue weighted by Gasteiger charge is 2.51. The lowest BCUT2D eigenvalue weighted by Crippen LogP contribution is -2.52. The Morgan fingerprint density at radius 1 is 1.06 bits per heavy atom. The van der Waals surface area contributed by atoms with Crippen LogP contribution in [-0.4, -0.2) is 35.7 Å². The first-order chi connectivity index (χ1) is 8.34. The van der Waals surface area contributed by atoms with Gasteiger partial charge in [-0.25, -0.2) is 0 Å². The molecule has 4 fully saturated rings. The molecule has 4 bridgehead atoms. The van der Waals surface area contributed by atoms with E-state index >= 15 is 0 Å². The Morgan fingerprint density at radius 2 is 1.50 bits per heavy atom. The van der Waals surface area contributed by atoms with Crippen molar-refractivity contribution in [2.24, 2.45) is 23.2 Å². The maximum absolute atomic E-state index is 9.96. The van der Waals surface area contributed by atoms with Crippen molar-refractivity contribution in [3.8, 4) is 0 Å². The van der Waals surface area contributed by atoms with Crippen LogP contribution in [0.4, 0.5) is 0 Å². The van der Waals surface area contributed by atoms with Crippen LogP contribution in [0.5, 0.6) is 0 Å². The number of hydrogen-bond donors (Lipinski definition) is 1. The normalized spacial score (nSPS) is 42.8. The lowest BCUT2D eigenvalue weighted by molar-refractivity contribution is -0.0734. The van der Waals surface area contributed by atoms with Crippen molar-refractivity contribution in [2.75, 3.05) is 20.1 Å². The van der Waals surface area contributed by atoms with Gasteiger partial charge in [0.1, 0.15) is 0 Å². The van der Waals surface area contributed by atoms with Crippen LogP contribution in [-0.2, 0) is 0 Å². The highest BCUT2D eigenvalue weighted by atomic mass is 16.3. The van der Waals surface area contributed by atoms with E-state index in [-0.39, 0.29) is 0 Å². The highest BCUT2D eigenvalue weighted by molar-refractivity contribution is 5.02. The van der Waals surface area contributed by atoms with Crippen LogP contribution in [0.15, 0.2) is 0 Å². The fourth-order valence-corrected chi connectivity index (χ4v) is 5.77. The molecule has 18 heavy (non-hydrogen) atoms. The first-order valence-electron chi connectivity index (χ1n) is 7.75. The third-order valence-electron chi connectivity index (χ3n) is 5.43. The van der Waals surface area contributed by atoms with Crippen molar-refractivity contribution in [1.82, 2.24) is 4.90 Å². The molecule has 0 spiro atoms. The largest absolute Gasteiger partial charge is 0.389 e. The molecule has 0 aliphatic heterocycles. The Balaban J connectivity index is 1.65. The molecule has 0 radical (unpaired) electrons. The standard InChI is InChI=1S/C16H29NO/c1-15(2,18)10-17(3)11-16-7-12-4-13(8-16)6-14(5-12)9-16/h12-14,18H,4-11H2,1-3H3. The first-order valence-corrected chi connectivity index (χ1v) is 7.75. The first kappa shape index (κ1) is 12.9. The van der Waals surface area contributed by atoms with E-state index in [9.17, 15) is 5.11 Å². The van der Waals surface area contributed by atoms with Crippen molar-refractivity contribution in [2.45, 2.75) is 58.0 Å². The summed E-state index contributed by atoms with van der Waals surface area (Å²) < 4.78 is 0. The predicted molar refractivity (Wildman–Crippen MR) is 74.4 cm³/mol. The fraction of sp³-hybridized carbons (Fsp3) is 1.00. The monoisotopic (exact) mass is 251 g/mol. The van der Waals surface area contributed by atoms with Crippen molar-refractivity contribution < 1.29 is 5.11 Å². The van der Waals surface area contributed by atoms with Crippen molar-refractivity contribution >= 4 is 0 Å². The van der Waals surface area contributed by atoms with Gasteiger partial charge in [-0.15, -0.1) is 0 Å². The second kappa shape index (κ2) is 4.21. The molecular formula is C16H29NO. The SMILES string of the molecule is CN(CC(C)(C)O)CC12CC3CC(CC(C3)C1)C2. The van der Waals surface area contributed by atoms with Crippen LogP contribution < -0.4 is 0 Å². The van der Waals surface area contributed by atoms with Gasteiger partial charge >= 0.3 is 0 Å². The number of aliphatic hydroxyl groups is 1. The maximum atomic E-state index is 9.96. The van der Waals surface area contributed by atoms with E-state index < -0.39 is 5.60 Å². The molecule has 104 valence electrons. The van der Waals surface area contributed by atoms with Crippen LogP contribution in [0.25, 0.3) is 0 Å². The molecule has 1 N–H and O–H groups in total. The zero-order valence-electron chi connectivity index (χ0n) is 12.3. The summed E-state index contributed by atoms with van der Waals surface area (Å²) in [6.45, 7) is 5.85. The van der Waals surface area contributed by atoms with E-state index in [1.54, 1.807) is 0 Å². The minimum Gasteiger partial charge on any atom is -0.389 e. The third-order valence-corrected chi connectivity index (χ3v) is 5.43. The molecule has 0 aromatic heterocycles. The van der Waals surface area contributed by atoms with Gasteiger partial charge < -0.3 is 10.0 Å². The molecule has 2 heteroatoms. The van der Waals surface area contributed by atoms with Gasteiger partial charge in [-0.2, -0.15) is 0 Å². The Hall–Kier alpha value is -0.0800. The molecular weight excluding hydrogens is 222 g/mol. The summed E-state index contributed by atoms with van der Waals surface area (Å²) in [7, 11) is 2.19. The van der Waals surface area contributed by atoms with E-state index in [2.05, 4.69) is 11.9 Å². The van der Waals surface area contributed by atoms with Gasteiger partial charge in [-0.3, -0.25) is 0 Å². The maximum Gasteiger partial charge on any atom is 0.0718 e. The zero-order chi connectivity index (χ0) is 13.0. The molecule has 4 aliphatic rings. The van der Waals surface area contributed by atoms with Crippen LogP contribution >= 0.6 is 0 Å². The fourth-order valence-electron chi connectivity index (χ4n) is 5.77. The lowest BCUT2D eigenvalue weighted by atomic mass is 9.49. The average Bonchev–Trinajstić information content (AvgIpc) is 2.09. The summed E-state index contributed by atoms with van der Waals surface area (Å²) in [6.07, 6.45) is 8.97. The van der Waals surface area contributed by atoms with E-state index in [0.717, 1.165) is 24.3 Å². The summed E-state index contributed by atoms with van der Waals surface area (Å²) in [6, 6.07) is 0. The number of rotatable bonds is 4. The molecule has 0 heterocycles. The second-order valence-corrected chi connectivity index (χ2v) is 8.40. The summed E-state index contributed by atoms with van der Waals surface area (Å²) in [5, 5.41) is 9.96. The summed E-state index contributed by atoms with van der Waals surface area (Å²) in [5.74, 6) is 3.10. The minimum absolute atomic E-state index is 0.558. The van der Waals surface area contributed by atoms with E-state index in [4.69, 9.17) is 0 Å². The van der Waals surface area contributed by atoms with Gasteiger partial charge in [0.15, 0.2) is 0 Å². The molecule has 0 aromatic rings. The Labute approximate surface area is 112 Å². The zero-order valence-corrected chi connectivity index (χ0v) is 12.3. The quantitative estimate of drug-likeness (QED) is 0.830. The van der Waals surface area contributed by atoms with Crippen LogP contribution in [0, 0.1) is 23.2 Å². The third kappa shape index (κ3) is 2.60. The lowest BCUT2D eigenvalue weighted by Gasteiger charge is -2.58. The Kier molecular flexibility index (Phi) is 3.02. The number of nitrogens with zero attached hydrogens (tertiary/aromatic N) is 1. The van der Waals surface area contributed by atoms with Gasteiger partial charge in [0.2, 0.25) is 0 Å². The summed E-state index contributed by atoms with van der Waals surface area (Å²) >= 11 is 0. The van der Waals surface area contributed by atoms with Gasteiger partial charge in [0, 0.05) is 13.1 Å². The van der Waals surface area contributed by atoms with Crippen molar-refractivity contribution in [3.63, 3.8) is 0 Å². The smallest absolute Gasteiger partial charge is 0.0718 e. The molecule has 0 amide bonds. The molecule has 0 unspecified atom stereocenters. The molecule has 4 rings (SSSR count). The predicted octanol–water partition coefficient (Wildman–Crippen LogP) is 2.91. The minimum atomic E-state index is -0.558. The van der Waals surface area contributed by atoms with Crippen LogP contribution in [0.2, 0.25) is 0 Å². The molecule has 2 nitrogen and oxygen atoms in total. The highest BCUT2D eigenvalue weighted by Crippen LogP contribution is 2.60. The molecule has 0 saturated heterocycles. The molecule has 4 saturated carbocycles. The van der Waals surface area contributed by atoms with E-state index in [1.807, 2.05) is 13.8 Å². The summed E-state index contributed by atoms with van der Waals surface area (Å²) in [4.78, 5) is 2.38. The van der Waals surface area contributed by atoms with Gasteiger partial charge in [0.05, 0.1) is 5.60 Å². The molecule has 4 aliphatic carbocycles. The number of hydrogen-bond acceptors (Lipinski definition) is 2. The van der Waals surface area contributed by atoms with E-state index in [1.165, 1.54) is 45.1 Å². The van der Waals surface area contributed by atoms with Crippen molar-refractivity contribution in [3.05, 3.63) is 0 Å². The molecule has 0 aromatic carbocycles. The summed E-state index contributed by atoms with van der Waals surface area (Å²) in [5.41, 5.74) is 0.0474. The van der Waals surface area contributed by atoms with Crippen LogP contribution in [0.3, 0.4) is 0 Å². The molecule has 0 atom stereocenters. The van der Waals surface area contributed by atoms with Gasteiger partial charge in [0.25, 0.3) is 0 Å². The van der Waals surface area contributed by atoms with Gasteiger partial charge in [-0.1, -0.05) is 0 Å².